The summed E-state index contributed by atoms with van der Waals surface area (Å²) in [5.41, 5.74) is 0. The third-order valence-electron chi connectivity index (χ3n) is 1.89. The molecular formula is C6H14N2O. The minimum absolute atomic E-state index is 0.134. The molecular weight excluding hydrogens is 116 g/mol. The first-order valence-corrected chi connectivity index (χ1v) is 3.38. The highest BCUT2D eigenvalue weighted by Crippen LogP contribution is 2.12. The van der Waals surface area contributed by atoms with Crippen LogP contribution in [0.3, 0.4) is 0 Å². The van der Waals surface area contributed by atoms with E-state index in [1.54, 1.807) is 5.01 Å². The molecule has 3 N–H and O–H groups in total. The molecule has 0 aromatic rings. The summed E-state index contributed by atoms with van der Waals surface area (Å²) in [6.45, 7) is 3.66. The van der Waals surface area contributed by atoms with Gasteiger partial charge in [-0.3, -0.25) is 5.84 Å². The van der Waals surface area contributed by atoms with Crippen LogP contribution in [0.1, 0.15) is 13.3 Å². The maximum absolute atomic E-state index is 9.21. The average molecular weight is 130 g/mol. The van der Waals surface area contributed by atoms with Crippen molar-refractivity contribution in [2.45, 2.75) is 19.4 Å². The Morgan fingerprint density at radius 1 is 1.67 bits per heavy atom. The smallest absolute Gasteiger partial charge is 0.0591 e. The second kappa shape index (κ2) is 2.64. The molecule has 0 spiro atoms. The van der Waals surface area contributed by atoms with E-state index in [9.17, 15) is 5.11 Å². The summed E-state index contributed by atoms with van der Waals surface area (Å²) in [7, 11) is 0. The number of aliphatic hydroxyl groups excluding tert-OH is 1. The lowest BCUT2D eigenvalue weighted by Crippen LogP contribution is -2.45. The molecule has 1 saturated heterocycles. The number of piperidine rings is 1. The summed E-state index contributed by atoms with van der Waals surface area (Å²) in [6.07, 6.45) is 0.683. The van der Waals surface area contributed by atoms with Gasteiger partial charge in [-0.15, -0.1) is 0 Å². The molecule has 0 saturated carbocycles. The van der Waals surface area contributed by atoms with Gasteiger partial charge in [0.05, 0.1) is 6.10 Å². The fourth-order valence-corrected chi connectivity index (χ4v) is 1.17. The highest BCUT2D eigenvalue weighted by atomic mass is 16.3. The van der Waals surface area contributed by atoms with E-state index in [-0.39, 0.29) is 6.10 Å². The molecule has 1 heterocycles. The van der Waals surface area contributed by atoms with Crippen LogP contribution in [-0.4, -0.2) is 29.3 Å². The number of hydrogen-bond donors (Lipinski definition) is 2. The van der Waals surface area contributed by atoms with Crippen molar-refractivity contribution < 1.29 is 5.11 Å². The van der Waals surface area contributed by atoms with Gasteiger partial charge in [0.25, 0.3) is 0 Å². The zero-order valence-electron chi connectivity index (χ0n) is 5.75. The Morgan fingerprint density at radius 3 is 2.78 bits per heavy atom. The quantitative estimate of drug-likeness (QED) is 0.437. The lowest BCUT2D eigenvalue weighted by atomic mass is 9.98. The fraction of sp³-hybridized carbons (Fsp3) is 1.00. The van der Waals surface area contributed by atoms with Gasteiger partial charge in [-0.1, -0.05) is 6.92 Å². The summed E-state index contributed by atoms with van der Waals surface area (Å²) in [4.78, 5) is 0. The van der Waals surface area contributed by atoms with Crippen molar-refractivity contribution in [2.24, 2.45) is 11.8 Å². The van der Waals surface area contributed by atoms with Crippen LogP contribution in [0.25, 0.3) is 0 Å². The van der Waals surface area contributed by atoms with E-state index in [1.165, 1.54) is 0 Å². The molecule has 1 aliphatic rings. The summed E-state index contributed by atoms with van der Waals surface area (Å²) in [6, 6.07) is 0. The van der Waals surface area contributed by atoms with Gasteiger partial charge >= 0.3 is 0 Å². The van der Waals surface area contributed by atoms with E-state index in [0.29, 0.717) is 5.92 Å². The van der Waals surface area contributed by atoms with Gasteiger partial charge in [-0.25, -0.2) is 5.01 Å². The van der Waals surface area contributed by atoms with Gasteiger partial charge in [0, 0.05) is 13.1 Å². The zero-order valence-corrected chi connectivity index (χ0v) is 5.75. The SMILES string of the molecule is C[C@H]1CN(N)CC[C@@H]1O. The lowest BCUT2D eigenvalue weighted by molar-refractivity contribution is 0.0350. The Hall–Kier alpha value is -0.120. The van der Waals surface area contributed by atoms with Crippen LogP contribution in [0.15, 0.2) is 0 Å². The van der Waals surface area contributed by atoms with Gasteiger partial charge in [-0.2, -0.15) is 0 Å². The molecule has 0 aromatic carbocycles. The van der Waals surface area contributed by atoms with E-state index >= 15 is 0 Å². The molecule has 3 nitrogen and oxygen atoms in total. The summed E-state index contributed by atoms with van der Waals surface area (Å²) in [5, 5.41) is 11.0. The second-order valence-corrected chi connectivity index (χ2v) is 2.83. The third-order valence-corrected chi connectivity index (χ3v) is 1.89. The van der Waals surface area contributed by atoms with Gasteiger partial charge < -0.3 is 5.11 Å². The minimum atomic E-state index is -0.134. The first kappa shape index (κ1) is 6.99. The molecule has 0 aromatic heterocycles. The molecule has 2 atom stereocenters. The van der Waals surface area contributed by atoms with Gasteiger partial charge in [0.1, 0.15) is 0 Å². The highest BCUT2D eigenvalue weighted by Gasteiger charge is 2.21. The largest absolute Gasteiger partial charge is 0.393 e. The monoisotopic (exact) mass is 130 g/mol. The summed E-state index contributed by atoms with van der Waals surface area (Å²) < 4.78 is 0. The van der Waals surface area contributed by atoms with Crippen molar-refractivity contribution in [2.75, 3.05) is 13.1 Å². The van der Waals surface area contributed by atoms with Crippen LogP contribution in [0.2, 0.25) is 0 Å². The molecule has 3 heteroatoms. The number of rotatable bonds is 0. The van der Waals surface area contributed by atoms with E-state index in [2.05, 4.69) is 0 Å². The van der Waals surface area contributed by atoms with E-state index in [0.717, 1.165) is 19.5 Å². The van der Waals surface area contributed by atoms with Gasteiger partial charge in [0.2, 0.25) is 0 Å². The molecule has 0 amide bonds. The molecule has 0 bridgehead atoms. The molecule has 9 heavy (non-hydrogen) atoms. The van der Waals surface area contributed by atoms with Crippen LogP contribution in [0.4, 0.5) is 0 Å². The number of hydrazine groups is 1. The van der Waals surface area contributed by atoms with Crippen molar-refractivity contribution in [3.8, 4) is 0 Å². The number of nitrogens with zero attached hydrogens (tertiary/aromatic N) is 1. The summed E-state index contributed by atoms with van der Waals surface area (Å²) >= 11 is 0. The summed E-state index contributed by atoms with van der Waals surface area (Å²) in [5.74, 6) is 5.85. The topological polar surface area (TPSA) is 49.5 Å². The Morgan fingerprint density at radius 2 is 2.33 bits per heavy atom. The van der Waals surface area contributed by atoms with Crippen LogP contribution in [-0.2, 0) is 0 Å². The Bertz CT molecular complexity index is 97.1. The lowest BCUT2D eigenvalue weighted by Gasteiger charge is -2.30. The third kappa shape index (κ3) is 1.64. The van der Waals surface area contributed by atoms with Gasteiger partial charge in [-0.05, 0) is 12.3 Å². The van der Waals surface area contributed by atoms with Crippen LogP contribution in [0, 0.1) is 5.92 Å². The minimum Gasteiger partial charge on any atom is -0.393 e. The van der Waals surface area contributed by atoms with Crippen LogP contribution < -0.4 is 5.84 Å². The van der Waals surface area contributed by atoms with E-state index in [4.69, 9.17) is 5.84 Å². The van der Waals surface area contributed by atoms with Crippen LogP contribution in [0.5, 0.6) is 0 Å². The predicted molar refractivity (Wildman–Crippen MR) is 35.5 cm³/mol. The van der Waals surface area contributed by atoms with Crippen molar-refractivity contribution in [1.29, 1.82) is 0 Å². The van der Waals surface area contributed by atoms with E-state index in [1.807, 2.05) is 6.92 Å². The molecule has 1 rings (SSSR count). The maximum atomic E-state index is 9.21. The Kier molecular flexibility index (Phi) is 2.05. The zero-order chi connectivity index (χ0) is 6.85. The Balaban J connectivity index is 2.35. The van der Waals surface area contributed by atoms with Crippen molar-refractivity contribution in [3.63, 3.8) is 0 Å². The predicted octanol–water partition coefficient (Wildman–Crippen LogP) is -0.437. The van der Waals surface area contributed by atoms with Crippen molar-refractivity contribution >= 4 is 0 Å². The van der Waals surface area contributed by atoms with Gasteiger partial charge in [0.15, 0.2) is 0 Å². The normalized spacial score (nSPS) is 39.0. The fourth-order valence-electron chi connectivity index (χ4n) is 1.17. The number of hydrogen-bond acceptors (Lipinski definition) is 3. The maximum Gasteiger partial charge on any atom is 0.0591 e. The Labute approximate surface area is 55.4 Å². The molecule has 1 fully saturated rings. The number of aliphatic hydroxyl groups is 1. The first-order chi connectivity index (χ1) is 4.20. The molecule has 1 aliphatic heterocycles. The van der Waals surface area contributed by atoms with E-state index < -0.39 is 0 Å². The van der Waals surface area contributed by atoms with Crippen LogP contribution >= 0.6 is 0 Å². The molecule has 54 valence electrons. The van der Waals surface area contributed by atoms with Crippen molar-refractivity contribution in [3.05, 3.63) is 0 Å². The number of nitrogens with two attached hydrogens (primary N) is 1. The first-order valence-electron chi connectivity index (χ1n) is 3.38. The average Bonchev–Trinajstić information content (AvgIpc) is 1.80. The molecule has 0 radical (unpaired) electrons. The molecule has 0 unspecified atom stereocenters. The molecule has 0 aliphatic carbocycles. The second-order valence-electron chi connectivity index (χ2n) is 2.83. The highest BCUT2D eigenvalue weighted by molar-refractivity contribution is 4.73. The standard InChI is InChI=1S/C6H14N2O/c1-5-4-8(7)3-2-6(5)9/h5-6,9H,2-4,7H2,1H3/t5-,6-/m0/s1. The van der Waals surface area contributed by atoms with Crippen molar-refractivity contribution in [1.82, 2.24) is 5.01 Å².